The first-order valence-electron chi connectivity index (χ1n) is 8.98. The van der Waals surface area contributed by atoms with E-state index in [4.69, 9.17) is 21.5 Å². The minimum absolute atomic E-state index is 0.00820. The van der Waals surface area contributed by atoms with E-state index in [2.05, 4.69) is 10.3 Å². The molecule has 0 spiro atoms. The van der Waals surface area contributed by atoms with Crippen molar-refractivity contribution in [3.8, 4) is 5.75 Å². The molecule has 1 atom stereocenters. The predicted molar refractivity (Wildman–Crippen MR) is 119 cm³/mol. The van der Waals surface area contributed by atoms with Gasteiger partial charge in [-0.25, -0.2) is 18.5 Å². The number of benzene rings is 2. The molecule has 0 fully saturated rings. The van der Waals surface area contributed by atoms with Gasteiger partial charge < -0.3 is 14.6 Å². The van der Waals surface area contributed by atoms with Gasteiger partial charge in [-0.1, -0.05) is 23.4 Å². The third-order valence-electron chi connectivity index (χ3n) is 4.40. The molecule has 1 amide bonds. The van der Waals surface area contributed by atoms with Gasteiger partial charge in [0.1, 0.15) is 5.75 Å². The summed E-state index contributed by atoms with van der Waals surface area (Å²) >= 11 is 7.28. The topological polar surface area (TPSA) is 116 Å². The lowest BCUT2D eigenvalue weighted by molar-refractivity contribution is -0.115. The highest BCUT2D eigenvalue weighted by Gasteiger charge is 2.21. The van der Waals surface area contributed by atoms with Gasteiger partial charge in [0.15, 0.2) is 5.16 Å². The number of amides is 1. The number of rotatable bonds is 7. The lowest BCUT2D eigenvalue weighted by Crippen LogP contribution is -2.23. The summed E-state index contributed by atoms with van der Waals surface area (Å²) in [5.74, 6) is 0.252. The molecule has 0 aliphatic rings. The Balaban J connectivity index is 1.86. The highest BCUT2D eigenvalue weighted by molar-refractivity contribution is 8.00. The Morgan fingerprint density at radius 1 is 1.33 bits per heavy atom. The first-order chi connectivity index (χ1) is 14.1. The molecule has 3 aromatic rings. The Hall–Kier alpha value is -2.27. The first-order valence-corrected chi connectivity index (χ1v) is 11.8. The largest absolute Gasteiger partial charge is 0.495 e. The van der Waals surface area contributed by atoms with Crippen LogP contribution in [0.5, 0.6) is 5.75 Å². The lowest BCUT2D eigenvalue weighted by atomic mass is 10.3. The third kappa shape index (κ3) is 4.72. The van der Waals surface area contributed by atoms with Gasteiger partial charge in [-0.2, -0.15) is 0 Å². The molecule has 0 aliphatic carbocycles. The molecule has 0 saturated heterocycles. The van der Waals surface area contributed by atoms with Crippen LogP contribution < -0.4 is 15.2 Å². The fraction of sp³-hybridized carbons (Fsp3) is 0.263. The maximum Gasteiger partial charge on any atom is 0.238 e. The number of hydrogen-bond acceptors (Lipinski definition) is 6. The Kier molecular flexibility index (Phi) is 6.61. The van der Waals surface area contributed by atoms with Crippen molar-refractivity contribution in [3.63, 3.8) is 0 Å². The maximum absolute atomic E-state index is 12.7. The summed E-state index contributed by atoms with van der Waals surface area (Å²) in [4.78, 5) is 17.2. The van der Waals surface area contributed by atoms with Gasteiger partial charge in [0.05, 0.1) is 34.0 Å². The number of halogens is 1. The molecule has 0 unspecified atom stereocenters. The third-order valence-corrected chi connectivity index (χ3v) is 6.64. The Morgan fingerprint density at radius 3 is 2.70 bits per heavy atom. The number of aryl methyl sites for hydroxylation is 1. The van der Waals surface area contributed by atoms with Crippen LogP contribution in [0.1, 0.15) is 13.8 Å². The fourth-order valence-corrected chi connectivity index (χ4v) is 4.58. The van der Waals surface area contributed by atoms with E-state index in [-0.39, 0.29) is 10.8 Å². The van der Waals surface area contributed by atoms with E-state index in [9.17, 15) is 13.2 Å². The van der Waals surface area contributed by atoms with Crippen LogP contribution in [-0.2, 0) is 21.4 Å². The number of imidazole rings is 1. The van der Waals surface area contributed by atoms with E-state index < -0.39 is 15.3 Å². The summed E-state index contributed by atoms with van der Waals surface area (Å²) in [6, 6.07) is 9.51. The molecule has 1 aromatic heterocycles. The zero-order valence-electron chi connectivity index (χ0n) is 16.5. The van der Waals surface area contributed by atoms with Crippen molar-refractivity contribution in [3.05, 3.63) is 41.4 Å². The van der Waals surface area contributed by atoms with Crippen LogP contribution in [0.4, 0.5) is 5.69 Å². The smallest absolute Gasteiger partial charge is 0.238 e. The standard InChI is InChI=1S/C19H21ClN4O4S2/c1-4-24-16-7-6-13(30(21,26)27)10-14(16)23-19(24)29-11(2)18(25)22-15-9-12(20)5-8-17(15)28-3/h5-11H,4H2,1-3H3,(H,22,25)(H2,21,26,27)/t11-/m0/s1. The monoisotopic (exact) mass is 468 g/mol. The average molecular weight is 469 g/mol. The molecule has 0 radical (unpaired) electrons. The number of sulfonamides is 1. The zero-order valence-corrected chi connectivity index (χ0v) is 18.9. The van der Waals surface area contributed by atoms with E-state index in [1.807, 2.05) is 11.5 Å². The number of methoxy groups -OCH3 is 1. The van der Waals surface area contributed by atoms with E-state index in [1.165, 1.54) is 31.0 Å². The molecule has 0 saturated carbocycles. The predicted octanol–water partition coefficient (Wildman–Crippen LogP) is 3.48. The van der Waals surface area contributed by atoms with Gasteiger partial charge in [0.2, 0.25) is 15.9 Å². The molecular formula is C19H21ClN4O4S2. The summed E-state index contributed by atoms with van der Waals surface area (Å²) < 4.78 is 30.4. The Labute approximate surface area is 183 Å². The van der Waals surface area contributed by atoms with Crippen LogP contribution in [0.15, 0.2) is 46.5 Å². The highest BCUT2D eigenvalue weighted by atomic mass is 35.5. The molecule has 0 aliphatic heterocycles. The quantitative estimate of drug-likeness (QED) is 0.513. The second-order valence-corrected chi connectivity index (χ2v) is 9.73. The van der Waals surface area contributed by atoms with Gasteiger partial charge in [-0.15, -0.1) is 0 Å². The summed E-state index contributed by atoms with van der Waals surface area (Å²) in [6.07, 6.45) is 0. The molecule has 160 valence electrons. The van der Waals surface area contributed by atoms with Gasteiger partial charge in [-0.3, -0.25) is 4.79 Å². The summed E-state index contributed by atoms with van der Waals surface area (Å²) in [6.45, 7) is 4.30. The van der Waals surface area contributed by atoms with Crippen LogP contribution in [0.25, 0.3) is 11.0 Å². The number of fused-ring (bicyclic) bond motifs is 1. The van der Waals surface area contributed by atoms with Crippen LogP contribution in [-0.4, -0.2) is 36.2 Å². The number of anilines is 1. The number of aromatic nitrogens is 2. The second-order valence-electron chi connectivity index (χ2n) is 6.43. The number of primary sulfonamides is 1. The zero-order chi connectivity index (χ0) is 22.1. The minimum atomic E-state index is -3.83. The number of nitrogens with one attached hydrogen (secondary N) is 1. The van der Waals surface area contributed by atoms with Gasteiger partial charge >= 0.3 is 0 Å². The van der Waals surface area contributed by atoms with E-state index in [1.54, 1.807) is 31.2 Å². The van der Waals surface area contributed by atoms with Gasteiger partial charge in [0, 0.05) is 11.6 Å². The van der Waals surface area contributed by atoms with Crippen LogP contribution in [0, 0.1) is 0 Å². The number of carbonyl (C=O) groups is 1. The van der Waals surface area contributed by atoms with Crippen molar-refractivity contribution < 1.29 is 17.9 Å². The molecule has 0 bridgehead atoms. The summed E-state index contributed by atoms with van der Waals surface area (Å²) in [7, 11) is -2.32. The number of nitrogens with zero attached hydrogens (tertiary/aromatic N) is 2. The van der Waals surface area contributed by atoms with Crippen molar-refractivity contribution in [2.45, 2.75) is 35.7 Å². The van der Waals surface area contributed by atoms with Gasteiger partial charge in [-0.05, 0) is 50.2 Å². The van der Waals surface area contributed by atoms with Crippen molar-refractivity contribution in [1.82, 2.24) is 9.55 Å². The van der Waals surface area contributed by atoms with Crippen LogP contribution in [0.3, 0.4) is 0 Å². The molecule has 3 rings (SSSR count). The fourth-order valence-electron chi connectivity index (χ4n) is 2.88. The van der Waals surface area contributed by atoms with Crippen molar-refractivity contribution >= 4 is 56.0 Å². The molecule has 11 heteroatoms. The lowest BCUT2D eigenvalue weighted by Gasteiger charge is -2.14. The van der Waals surface area contributed by atoms with Crippen molar-refractivity contribution in [2.24, 2.45) is 5.14 Å². The first kappa shape index (κ1) is 22.4. The SMILES string of the molecule is CCn1c(S[C@@H](C)C(=O)Nc2cc(Cl)ccc2OC)nc2cc(S(N)(=O)=O)ccc21. The van der Waals surface area contributed by atoms with Gasteiger partial charge in [0.25, 0.3) is 0 Å². The van der Waals surface area contributed by atoms with E-state index in [0.29, 0.717) is 33.7 Å². The second kappa shape index (κ2) is 8.84. The van der Waals surface area contributed by atoms with Crippen LogP contribution >= 0.6 is 23.4 Å². The number of thioether (sulfide) groups is 1. The number of ether oxygens (including phenoxy) is 1. The molecule has 3 N–H and O–H groups in total. The molecule has 1 heterocycles. The molecular weight excluding hydrogens is 448 g/mol. The van der Waals surface area contributed by atoms with E-state index >= 15 is 0 Å². The number of carbonyl (C=O) groups excluding carboxylic acids is 1. The number of hydrogen-bond donors (Lipinski definition) is 2. The maximum atomic E-state index is 12.7. The molecule has 30 heavy (non-hydrogen) atoms. The Bertz CT molecular complexity index is 1210. The van der Waals surface area contributed by atoms with Crippen molar-refractivity contribution in [1.29, 1.82) is 0 Å². The van der Waals surface area contributed by atoms with Crippen LogP contribution in [0.2, 0.25) is 5.02 Å². The normalized spacial score (nSPS) is 12.7. The summed E-state index contributed by atoms with van der Waals surface area (Å²) in [5, 5.41) is 8.62. The highest BCUT2D eigenvalue weighted by Crippen LogP contribution is 2.31. The number of nitrogens with two attached hydrogens (primary N) is 1. The molecule has 8 nitrogen and oxygen atoms in total. The van der Waals surface area contributed by atoms with E-state index in [0.717, 1.165) is 5.52 Å². The van der Waals surface area contributed by atoms with Crippen molar-refractivity contribution in [2.75, 3.05) is 12.4 Å². The summed E-state index contributed by atoms with van der Waals surface area (Å²) in [5.41, 5.74) is 1.73. The Morgan fingerprint density at radius 2 is 2.07 bits per heavy atom. The minimum Gasteiger partial charge on any atom is -0.495 e. The molecule has 2 aromatic carbocycles. The average Bonchev–Trinajstić information content (AvgIpc) is 3.03.